The number of hydrogen-bond donors (Lipinski definition) is 1. The van der Waals surface area contributed by atoms with Gasteiger partial charge in [-0.3, -0.25) is 9.20 Å². The summed E-state index contributed by atoms with van der Waals surface area (Å²) in [4.78, 5) is 6.51. The zero-order valence-electron chi connectivity index (χ0n) is 16.3. The van der Waals surface area contributed by atoms with E-state index in [1.165, 1.54) is 17.7 Å². The first-order valence-corrected chi connectivity index (χ1v) is 12.0. The SMILES string of the molecule is C=S1(=O)C[C@@](C)(c2sc(-c3cccc(-c4nnco4)c3)cc2Cl)N=C(N)C1(C)C. The van der Waals surface area contributed by atoms with Crippen molar-refractivity contribution in [2.24, 2.45) is 10.7 Å². The molecule has 0 spiro atoms. The van der Waals surface area contributed by atoms with Gasteiger partial charge in [-0.05, 0) is 59.9 Å². The second-order valence-corrected chi connectivity index (χ2v) is 12.2. The second kappa shape index (κ2) is 6.68. The fraction of sp³-hybridized carbons (Fsp3) is 0.300. The summed E-state index contributed by atoms with van der Waals surface area (Å²) in [6.45, 7) is 5.56. The Morgan fingerprint density at radius 2 is 2.00 bits per heavy atom. The number of aromatic nitrogens is 2. The first-order valence-electron chi connectivity index (χ1n) is 8.91. The molecule has 2 aromatic heterocycles. The summed E-state index contributed by atoms with van der Waals surface area (Å²) in [5.41, 5.74) is 7.21. The van der Waals surface area contributed by atoms with Gasteiger partial charge in [-0.25, -0.2) is 0 Å². The van der Waals surface area contributed by atoms with Gasteiger partial charge in [0.25, 0.3) is 0 Å². The number of rotatable bonds is 3. The molecule has 1 aromatic carbocycles. The molecule has 152 valence electrons. The van der Waals surface area contributed by atoms with E-state index in [4.69, 9.17) is 26.7 Å². The van der Waals surface area contributed by atoms with Gasteiger partial charge in [-0.15, -0.1) is 21.5 Å². The van der Waals surface area contributed by atoms with E-state index in [0.29, 0.717) is 16.7 Å². The van der Waals surface area contributed by atoms with Crippen LogP contribution in [0.3, 0.4) is 0 Å². The van der Waals surface area contributed by atoms with Gasteiger partial charge in [0.2, 0.25) is 12.3 Å². The summed E-state index contributed by atoms with van der Waals surface area (Å²) in [6.07, 6.45) is 1.30. The molecule has 1 unspecified atom stereocenters. The molecule has 0 fully saturated rings. The highest BCUT2D eigenvalue weighted by molar-refractivity contribution is 8.02. The normalized spacial score (nSPS) is 26.3. The average Bonchev–Trinajstić information content (AvgIpc) is 3.30. The van der Waals surface area contributed by atoms with E-state index in [1.807, 2.05) is 51.1 Å². The molecule has 0 saturated heterocycles. The van der Waals surface area contributed by atoms with E-state index in [-0.39, 0.29) is 5.75 Å². The lowest BCUT2D eigenvalue weighted by Crippen LogP contribution is -2.54. The fourth-order valence-electron chi connectivity index (χ4n) is 3.36. The van der Waals surface area contributed by atoms with Crippen LogP contribution < -0.4 is 5.73 Å². The highest BCUT2D eigenvalue weighted by atomic mass is 35.5. The molecule has 0 radical (unpaired) electrons. The van der Waals surface area contributed by atoms with Crippen molar-refractivity contribution < 1.29 is 8.63 Å². The molecule has 6 nitrogen and oxygen atoms in total. The van der Waals surface area contributed by atoms with Crippen LogP contribution in [0.4, 0.5) is 0 Å². The standard InChI is InChI=1S/C20H21ClN4O2S2/c1-19(2)18(22)24-20(3,10-29(19,4)26)16-14(21)9-15(28-16)12-6-5-7-13(8-12)17-25-23-11-27-17/h5-9,11H,4,10H2,1-3H3,(H2,22,24)/t20-,29?/m0/s1. The van der Waals surface area contributed by atoms with Crippen molar-refractivity contribution in [3.05, 3.63) is 46.6 Å². The molecule has 4 rings (SSSR count). The monoisotopic (exact) mass is 448 g/mol. The minimum Gasteiger partial charge on any atom is -0.423 e. The van der Waals surface area contributed by atoms with Crippen LogP contribution in [-0.4, -0.2) is 36.6 Å². The smallest absolute Gasteiger partial charge is 0.247 e. The van der Waals surface area contributed by atoms with E-state index < -0.39 is 19.8 Å². The maximum atomic E-state index is 13.3. The molecule has 2 atom stereocenters. The first kappa shape index (κ1) is 20.1. The van der Waals surface area contributed by atoms with Crippen molar-refractivity contribution in [1.82, 2.24) is 10.2 Å². The van der Waals surface area contributed by atoms with Crippen LogP contribution in [0.25, 0.3) is 21.9 Å². The molecule has 3 aromatic rings. The Labute approximate surface area is 178 Å². The zero-order chi connectivity index (χ0) is 21.0. The maximum absolute atomic E-state index is 13.3. The van der Waals surface area contributed by atoms with Crippen LogP contribution in [0.1, 0.15) is 25.6 Å². The summed E-state index contributed by atoms with van der Waals surface area (Å²) < 4.78 is 17.8. The third-order valence-electron chi connectivity index (χ3n) is 5.36. The lowest BCUT2D eigenvalue weighted by molar-refractivity contribution is 0.543. The summed E-state index contributed by atoms with van der Waals surface area (Å²) >= 11 is 8.13. The van der Waals surface area contributed by atoms with E-state index in [0.717, 1.165) is 20.9 Å². The first-order chi connectivity index (χ1) is 13.5. The molecule has 9 heteroatoms. The quantitative estimate of drug-likeness (QED) is 0.606. The Morgan fingerprint density at radius 3 is 2.66 bits per heavy atom. The molecule has 3 heterocycles. The van der Waals surface area contributed by atoms with Gasteiger partial charge in [0.05, 0.1) is 14.6 Å². The zero-order valence-corrected chi connectivity index (χ0v) is 18.7. The number of halogens is 1. The Kier molecular flexibility index (Phi) is 4.64. The molecule has 29 heavy (non-hydrogen) atoms. The van der Waals surface area contributed by atoms with Gasteiger partial charge < -0.3 is 10.2 Å². The van der Waals surface area contributed by atoms with Gasteiger partial charge >= 0.3 is 0 Å². The minimum absolute atomic E-state index is 0.287. The van der Waals surface area contributed by atoms with Crippen LogP contribution in [0.15, 0.2) is 46.1 Å². The lowest BCUT2D eigenvalue weighted by atomic mass is 10.0. The predicted molar refractivity (Wildman–Crippen MR) is 121 cm³/mol. The van der Waals surface area contributed by atoms with Gasteiger partial charge in [0.1, 0.15) is 11.4 Å². The topological polar surface area (TPSA) is 94.4 Å². The van der Waals surface area contributed by atoms with Gasteiger partial charge in [0, 0.05) is 16.2 Å². The van der Waals surface area contributed by atoms with E-state index >= 15 is 0 Å². The Bertz CT molecular complexity index is 1210. The second-order valence-electron chi connectivity index (χ2n) is 7.85. The average molecular weight is 449 g/mol. The summed E-state index contributed by atoms with van der Waals surface area (Å²) in [6, 6.07) is 9.68. The summed E-state index contributed by atoms with van der Waals surface area (Å²) in [7, 11) is -2.51. The summed E-state index contributed by atoms with van der Waals surface area (Å²) in [5, 5.41) is 8.25. The van der Waals surface area contributed by atoms with Crippen LogP contribution in [0, 0.1) is 0 Å². The van der Waals surface area contributed by atoms with Gasteiger partial charge in [0.15, 0.2) is 0 Å². The number of amidine groups is 1. The number of thiophene rings is 1. The molecule has 0 amide bonds. The molecule has 1 aliphatic rings. The van der Waals surface area contributed by atoms with Crippen LogP contribution in [-0.2, 0) is 15.1 Å². The van der Waals surface area contributed by atoms with Crippen LogP contribution in [0.5, 0.6) is 0 Å². The Balaban J connectivity index is 1.78. The van der Waals surface area contributed by atoms with Crippen molar-refractivity contribution in [2.45, 2.75) is 31.1 Å². The molecular weight excluding hydrogens is 428 g/mol. The third kappa shape index (κ3) is 3.29. The van der Waals surface area contributed by atoms with Crippen molar-refractivity contribution >= 4 is 44.2 Å². The predicted octanol–water partition coefficient (Wildman–Crippen LogP) is 4.20. The van der Waals surface area contributed by atoms with E-state index in [1.54, 1.807) is 0 Å². The molecular formula is C20H21ClN4O2S2. The van der Waals surface area contributed by atoms with Crippen molar-refractivity contribution in [3.8, 4) is 21.9 Å². The highest BCUT2D eigenvalue weighted by Gasteiger charge is 2.46. The Hall–Kier alpha value is -2.16. The number of aliphatic imine (C=N–C) groups is 1. The molecule has 0 bridgehead atoms. The van der Waals surface area contributed by atoms with Crippen LogP contribution in [0.2, 0.25) is 5.02 Å². The van der Waals surface area contributed by atoms with Crippen molar-refractivity contribution in [1.29, 1.82) is 0 Å². The maximum Gasteiger partial charge on any atom is 0.247 e. The molecule has 0 aliphatic carbocycles. The van der Waals surface area contributed by atoms with Crippen LogP contribution >= 0.6 is 22.9 Å². The van der Waals surface area contributed by atoms with Crippen molar-refractivity contribution in [2.75, 3.05) is 5.75 Å². The number of nitrogens with two attached hydrogens (primary N) is 1. The summed E-state index contributed by atoms with van der Waals surface area (Å²) in [5.74, 6) is 5.07. The molecule has 1 aliphatic heterocycles. The highest BCUT2D eigenvalue weighted by Crippen LogP contribution is 2.46. The van der Waals surface area contributed by atoms with Gasteiger partial charge in [-0.2, -0.15) is 0 Å². The number of hydrogen-bond acceptors (Lipinski definition) is 7. The minimum atomic E-state index is -2.51. The van der Waals surface area contributed by atoms with Crippen molar-refractivity contribution in [3.63, 3.8) is 0 Å². The largest absolute Gasteiger partial charge is 0.423 e. The third-order valence-corrected chi connectivity index (χ3v) is 10.3. The van der Waals surface area contributed by atoms with E-state index in [2.05, 4.69) is 16.1 Å². The number of nitrogens with zero attached hydrogens (tertiary/aromatic N) is 3. The van der Waals surface area contributed by atoms with Gasteiger partial charge in [-0.1, -0.05) is 23.7 Å². The molecule has 0 saturated carbocycles. The van der Waals surface area contributed by atoms with E-state index in [9.17, 15) is 4.21 Å². The molecule has 2 N–H and O–H groups in total. The number of benzene rings is 1. The Morgan fingerprint density at radius 1 is 1.28 bits per heavy atom. The fourth-order valence-corrected chi connectivity index (χ4v) is 6.98. The lowest BCUT2D eigenvalue weighted by Gasteiger charge is -2.40.